The Labute approximate surface area is 162 Å². The number of fused-ring (bicyclic) bond motifs is 1. The Kier molecular flexibility index (Phi) is 4.04. The van der Waals surface area contributed by atoms with Gasteiger partial charge in [-0.15, -0.1) is 0 Å². The van der Waals surface area contributed by atoms with E-state index < -0.39 is 0 Å². The van der Waals surface area contributed by atoms with E-state index in [0.29, 0.717) is 22.3 Å². The second kappa shape index (κ2) is 6.28. The summed E-state index contributed by atoms with van der Waals surface area (Å²) in [5.74, 6) is 0.118. The van der Waals surface area contributed by atoms with Crippen molar-refractivity contribution >= 4 is 26.8 Å². The van der Waals surface area contributed by atoms with Crippen molar-refractivity contribution in [2.75, 3.05) is 0 Å². The first-order chi connectivity index (χ1) is 12.9. The van der Waals surface area contributed by atoms with Crippen LogP contribution in [0, 0.1) is 0 Å². The Balaban J connectivity index is 2.23. The van der Waals surface area contributed by atoms with Crippen LogP contribution in [0.15, 0.2) is 68.8 Å². The number of hydrogen-bond donors (Lipinski definition) is 1. The van der Waals surface area contributed by atoms with Crippen molar-refractivity contribution in [2.45, 2.75) is 0 Å². The summed E-state index contributed by atoms with van der Waals surface area (Å²) in [5, 5.41) is 10.4. The zero-order valence-corrected chi connectivity index (χ0v) is 16.3. The average molecular weight is 426 g/mol. The van der Waals surface area contributed by atoms with Gasteiger partial charge in [0, 0.05) is 42.1 Å². The topological polar surface area (TPSA) is 69.2 Å². The Morgan fingerprint density at radius 1 is 0.963 bits per heavy atom. The van der Waals surface area contributed by atoms with Gasteiger partial charge < -0.3 is 9.67 Å². The van der Waals surface area contributed by atoms with Crippen LogP contribution in [0.1, 0.15) is 0 Å². The number of phenolic OH excluding ortho intramolecular Hbond substituents is 1. The molecule has 4 rings (SSSR count). The second-order valence-corrected chi connectivity index (χ2v) is 7.26. The van der Waals surface area contributed by atoms with Crippen molar-refractivity contribution in [1.29, 1.82) is 0 Å². The quantitative estimate of drug-likeness (QED) is 0.536. The van der Waals surface area contributed by atoms with E-state index in [1.165, 1.54) is 11.6 Å². The Morgan fingerprint density at radius 3 is 2.41 bits per heavy atom. The summed E-state index contributed by atoms with van der Waals surface area (Å²) >= 11 is 3.48. The number of phenols is 1. The summed E-state index contributed by atoms with van der Waals surface area (Å²) in [7, 11) is 3.11. The van der Waals surface area contributed by atoms with Crippen LogP contribution in [0.5, 0.6) is 5.75 Å². The van der Waals surface area contributed by atoms with Crippen LogP contribution in [-0.2, 0) is 14.1 Å². The minimum atomic E-state index is -0.388. The molecule has 6 nitrogen and oxygen atoms in total. The van der Waals surface area contributed by atoms with Gasteiger partial charge in [0.1, 0.15) is 5.75 Å². The number of nitrogens with zero attached hydrogens (tertiary/aromatic N) is 3. The third kappa shape index (κ3) is 2.71. The zero-order valence-electron chi connectivity index (χ0n) is 14.7. The first kappa shape index (κ1) is 17.4. The van der Waals surface area contributed by atoms with Crippen LogP contribution in [0.25, 0.3) is 27.8 Å². The molecule has 2 aromatic heterocycles. The molecule has 0 fully saturated rings. The second-order valence-electron chi connectivity index (χ2n) is 6.34. The Morgan fingerprint density at radius 2 is 1.70 bits per heavy atom. The van der Waals surface area contributed by atoms with Gasteiger partial charge in [-0.1, -0.05) is 34.1 Å². The Hall–Kier alpha value is -3.06. The fraction of sp³-hybridized carbons (Fsp3) is 0.100. The van der Waals surface area contributed by atoms with Gasteiger partial charge in [-0.25, -0.2) is 4.79 Å². The minimum Gasteiger partial charge on any atom is -0.508 e. The maximum absolute atomic E-state index is 13.0. The molecule has 2 heterocycles. The predicted molar refractivity (Wildman–Crippen MR) is 109 cm³/mol. The molecule has 2 aromatic carbocycles. The fourth-order valence-electron chi connectivity index (χ4n) is 3.31. The monoisotopic (exact) mass is 425 g/mol. The molecule has 0 atom stereocenters. The highest BCUT2D eigenvalue weighted by atomic mass is 79.9. The number of rotatable bonds is 2. The molecule has 0 saturated heterocycles. The van der Waals surface area contributed by atoms with Crippen LogP contribution in [0.2, 0.25) is 0 Å². The smallest absolute Gasteiger partial charge is 0.330 e. The molecule has 0 unspecified atom stereocenters. The van der Waals surface area contributed by atoms with Crippen LogP contribution < -0.4 is 11.2 Å². The van der Waals surface area contributed by atoms with Crippen molar-refractivity contribution in [1.82, 2.24) is 13.7 Å². The number of halogens is 1. The maximum Gasteiger partial charge on any atom is 0.330 e. The molecule has 0 amide bonds. The SMILES string of the molecule is Cn1c(=O)c2c(-c3cccc(Br)c3)n(-c3cccc(O)c3)cc2n(C)c1=O. The molecule has 0 spiro atoms. The number of aromatic nitrogens is 3. The maximum atomic E-state index is 13.0. The molecule has 1 N–H and O–H groups in total. The van der Waals surface area contributed by atoms with Gasteiger partial charge in [0.15, 0.2) is 0 Å². The van der Waals surface area contributed by atoms with Gasteiger partial charge >= 0.3 is 5.69 Å². The van der Waals surface area contributed by atoms with E-state index in [0.717, 1.165) is 14.6 Å². The van der Waals surface area contributed by atoms with Crippen molar-refractivity contribution in [3.63, 3.8) is 0 Å². The average Bonchev–Trinajstić information content (AvgIpc) is 3.05. The van der Waals surface area contributed by atoms with Gasteiger partial charge in [0.05, 0.1) is 16.6 Å². The van der Waals surface area contributed by atoms with Gasteiger partial charge in [-0.05, 0) is 24.3 Å². The molecule has 4 aromatic rings. The van der Waals surface area contributed by atoms with Crippen molar-refractivity contribution in [3.8, 4) is 22.7 Å². The largest absolute Gasteiger partial charge is 0.508 e. The van der Waals surface area contributed by atoms with E-state index >= 15 is 0 Å². The molecule has 0 aliphatic rings. The van der Waals surface area contributed by atoms with Crippen molar-refractivity contribution in [2.24, 2.45) is 14.1 Å². The summed E-state index contributed by atoms with van der Waals surface area (Å²) in [6, 6.07) is 14.4. The lowest BCUT2D eigenvalue weighted by molar-refractivity contribution is 0.475. The minimum absolute atomic E-state index is 0.118. The first-order valence-electron chi connectivity index (χ1n) is 8.25. The molecule has 136 valence electrons. The highest BCUT2D eigenvalue weighted by molar-refractivity contribution is 9.10. The summed E-state index contributed by atoms with van der Waals surface area (Å²) in [5.41, 5.74) is 1.95. The summed E-state index contributed by atoms with van der Waals surface area (Å²) in [4.78, 5) is 25.3. The molecular weight excluding hydrogens is 410 g/mol. The predicted octanol–water partition coefficient (Wildman–Crippen LogP) is 3.16. The third-order valence-corrected chi connectivity index (χ3v) is 5.14. The van der Waals surface area contributed by atoms with Crippen molar-refractivity contribution < 1.29 is 5.11 Å². The Bertz CT molecular complexity index is 1310. The molecule has 0 saturated carbocycles. The zero-order chi connectivity index (χ0) is 19.3. The first-order valence-corrected chi connectivity index (χ1v) is 9.04. The molecule has 0 bridgehead atoms. The third-order valence-electron chi connectivity index (χ3n) is 4.64. The van der Waals surface area contributed by atoms with Gasteiger partial charge in [0.25, 0.3) is 5.56 Å². The lowest BCUT2D eigenvalue weighted by atomic mass is 10.1. The normalized spacial score (nSPS) is 11.2. The number of benzene rings is 2. The highest BCUT2D eigenvalue weighted by Gasteiger charge is 2.20. The number of aryl methyl sites for hydroxylation is 1. The molecular formula is C20H16BrN3O3. The van der Waals surface area contributed by atoms with Gasteiger partial charge in [-0.3, -0.25) is 13.9 Å². The number of aromatic hydroxyl groups is 1. The van der Waals surface area contributed by atoms with E-state index in [-0.39, 0.29) is 17.0 Å². The molecule has 7 heteroatoms. The van der Waals surface area contributed by atoms with E-state index in [1.54, 1.807) is 31.4 Å². The fourth-order valence-corrected chi connectivity index (χ4v) is 3.71. The lowest BCUT2D eigenvalue weighted by Crippen LogP contribution is -2.36. The van der Waals surface area contributed by atoms with E-state index in [2.05, 4.69) is 15.9 Å². The molecule has 27 heavy (non-hydrogen) atoms. The summed E-state index contributed by atoms with van der Waals surface area (Å²) in [6.45, 7) is 0. The van der Waals surface area contributed by atoms with Crippen LogP contribution in [-0.4, -0.2) is 18.8 Å². The van der Waals surface area contributed by atoms with Gasteiger partial charge in [-0.2, -0.15) is 0 Å². The van der Waals surface area contributed by atoms with E-state index in [4.69, 9.17) is 0 Å². The van der Waals surface area contributed by atoms with Crippen LogP contribution >= 0.6 is 15.9 Å². The molecule has 0 aliphatic heterocycles. The van der Waals surface area contributed by atoms with Crippen molar-refractivity contribution in [3.05, 3.63) is 80.0 Å². The van der Waals surface area contributed by atoms with E-state index in [1.807, 2.05) is 34.9 Å². The molecule has 0 aliphatic carbocycles. The molecule has 0 radical (unpaired) electrons. The van der Waals surface area contributed by atoms with E-state index in [9.17, 15) is 14.7 Å². The number of hydrogen-bond acceptors (Lipinski definition) is 3. The summed E-state index contributed by atoms with van der Waals surface area (Å²) < 4.78 is 5.26. The van der Waals surface area contributed by atoms with Crippen LogP contribution in [0.4, 0.5) is 0 Å². The summed E-state index contributed by atoms with van der Waals surface area (Å²) in [6.07, 6.45) is 1.75. The van der Waals surface area contributed by atoms with Gasteiger partial charge in [0.2, 0.25) is 0 Å². The standard InChI is InChI=1S/C20H16BrN3O3/c1-22-16-11-24(14-7-4-8-15(25)10-14)18(12-5-3-6-13(21)9-12)17(16)19(26)23(2)20(22)27/h3-11,25H,1-2H3. The van der Waals surface area contributed by atoms with Crippen LogP contribution in [0.3, 0.4) is 0 Å². The lowest BCUT2D eigenvalue weighted by Gasteiger charge is -2.11. The highest BCUT2D eigenvalue weighted by Crippen LogP contribution is 2.32.